The maximum absolute atomic E-state index is 12.0. The van der Waals surface area contributed by atoms with E-state index in [1.54, 1.807) is 11.8 Å². The zero-order chi connectivity index (χ0) is 13.8. The van der Waals surface area contributed by atoms with Crippen LogP contribution in [0.3, 0.4) is 0 Å². The Kier molecular flexibility index (Phi) is 6.23. The van der Waals surface area contributed by atoms with Crippen LogP contribution >= 0.6 is 11.8 Å². The second kappa shape index (κ2) is 6.98. The first kappa shape index (κ1) is 16.1. The predicted octanol–water partition coefficient (Wildman–Crippen LogP) is 5.29. The molecule has 0 saturated heterocycles. The summed E-state index contributed by atoms with van der Waals surface area (Å²) in [6, 6.07) is 0. The summed E-state index contributed by atoms with van der Waals surface area (Å²) in [4.78, 5) is 12.0. The van der Waals surface area contributed by atoms with Gasteiger partial charge in [0.25, 0.3) is 0 Å². The van der Waals surface area contributed by atoms with E-state index in [-0.39, 0.29) is 10.7 Å². The molecule has 1 fully saturated rings. The average Bonchev–Trinajstić information content (AvgIpc) is 2.22. The zero-order valence-electron chi connectivity index (χ0n) is 12.8. The lowest BCUT2D eigenvalue weighted by atomic mass is 9.81. The molecule has 0 bridgehead atoms. The van der Waals surface area contributed by atoms with Crippen molar-refractivity contribution >= 4 is 16.9 Å². The third kappa shape index (κ3) is 4.95. The number of hydrogen-bond acceptors (Lipinski definition) is 2. The third-order valence-electron chi connectivity index (χ3n) is 4.32. The van der Waals surface area contributed by atoms with Gasteiger partial charge < -0.3 is 0 Å². The molecule has 0 atom stereocenters. The van der Waals surface area contributed by atoms with Gasteiger partial charge in [-0.3, -0.25) is 4.79 Å². The second-order valence-corrected chi connectivity index (χ2v) is 8.50. The van der Waals surface area contributed by atoms with Crippen molar-refractivity contribution in [2.45, 2.75) is 77.9 Å². The highest BCUT2D eigenvalue weighted by molar-refractivity contribution is 8.14. The molecule has 1 saturated carbocycles. The van der Waals surface area contributed by atoms with Crippen LogP contribution in [0.5, 0.6) is 0 Å². The van der Waals surface area contributed by atoms with Gasteiger partial charge in [0, 0.05) is 10.7 Å². The lowest BCUT2D eigenvalue weighted by Crippen LogP contribution is -2.31. The molecule has 1 rings (SSSR count). The van der Waals surface area contributed by atoms with Crippen LogP contribution in [-0.2, 0) is 4.79 Å². The van der Waals surface area contributed by atoms with Gasteiger partial charge in [0.1, 0.15) is 0 Å². The fraction of sp³-hybridized carbons (Fsp3) is 0.938. The van der Waals surface area contributed by atoms with Crippen LogP contribution in [0.4, 0.5) is 0 Å². The minimum Gasteiger partial charge on any atom is -0.287 e. The summed E-state index contributed by atoms with van der Waals surface area (Å²) in [6.07, 6.45) is 8.02. The Labute approximate surface area is 117 Å². The van der Waals surface area contributed by atoms with Crippen molar-refractivity contribution in [3.8, 4) is 0 Å². The maximum Gasteiger partial charge on any atom is 0.191 e. The van der Waals surface area contributed by atoms with Gasteiger partial charge in [-0.25, -0.2) is 0 Å². The molecule has 0 aliphatic heterocycles. The fourth-order valence-corrected chi connectivity index (χ4v) is 4.03. The molecule has 106 valence electrons. The Morgan fingerprint density at radius 1 is 1.11 bits per heavy atom. The van der Waals surface area contributed by atoms with E-state index in [2.05, 4.69) is 20.8 Å². The molecule has 0 N–H and O–H groups in total. The number of hydrogen-bond donors (Lipinski definition) is 0. The Morgan fingerprint density at radius 3 is 2.06 bits per heavy atom. The van der Waals surface area contributed by atoms with E-state index >= 15 is 0 Å². The topological polar surface area (TPSA) is 17.1 Å². The molecular weight excluding hydrogens is 240 g/mol. The van der Waals surface area contributed by atoms with Crippen LogP contribution in [0.25, 0.3) is 0 Å². The molecule has 0 aromatic heterocycles. The van der Waals surface area contributed by atoms with E-state index in [0.717, 1.165) is 5.92 Å². The van der Waals surface area contributed by atoms with Crippen LogP contribution in [0, 0.1) is 17.8 Å². The highest BCUT2D eigenvalue weighted by atomic mass is 32.2. The molecule has 0 unspecified atom stereocenters. The predicted molar refractivity (Wildman–Crippen MR) is 81.9 cm³/mol. The van der Waals surface area contributed by atoms with Crippen LogP contribution in [0.1, 0.15) is 73.1 Å². The second-order valence-electron chi connectivity index (χ2n) is 6.84. The lowest BCUT2D eigenvalue weighted by Gasteiger charge is -2.35. The molecule has 0 amide bonds. The minimum absolute atomic E-state index is 0.113. The van der Waals surface area contributed by atoms with Crippen molar-refractivity contribution in [3.63, 3.8) is 0 Å². The quantitative estimate of drug-likeness (QED) is 0.693. The molecule has 0 aromatic rings. The van der Waals surface area contributed by atoms with Gasteiger partial charge in [-0.2, -0.15) is 0 Å². The first-order valence-electron chi connectivity index (χ1n) is 7.55. The Balaban J connectivity index is 2.57. The summed E-state index contributed by atoms with van der Waals surface area (Å²) < 4.78 is 0.113. The molecule has 0 spiro atoms. The van der Waals surface area contributed by atoms with E-state index in [4.69, 9.17) is 0 Å². The lowest BCUT2D eigenvalue weighted by molar-refractivity contribution is -0.113. The van der Waals surface area contributed by atoms with Gasteiger partial charge in [-0.15, -0.1) is 0 Å². The molecule has 1 aliphatic rings. The number of thioether (sulfide) groups is 1. The molecule has 1 aliphatic carbocycles. The molecule has 0 radical (unpaired) electrons. The van der Waals surface area contributed by atoms with Crippen molar-refractivity contribution in [2.75, 3.05) is 0 Å². The summed E-state index contributed by atoms with van der Waals surface area (Å²) in [6.45, 7) is 10.9. The van der Waals surface area contributed by atoms with Crippen LogP contribution in [0.15, 0.2) is 0 Å². The van der Waals surface area contributed by atoms with Crippen molar-refractivity contribution < 1.29 is 4.79 Å². The van der Waals surface area contributed by atoms with Gasteiger partial charge in [0.2, 0.25) is 0 Å². The van der Waals surface area contributed by atoms with Gasteiger partial charge in [-0.05, 0) is 38.5 Å². The van der Waals surface area contributed by atoms with E-state index < -0.39 is 0 Å². The van der Waals surface area contributed by atoms with Crippen molar-refractivity contribution in [2.24, 2.45) is 17.8 Å². The largest absolute Gasteiger partial charge is 0.287 e. The van der Waals surface area contributed by atoms with Crippen molar-refractivity contribution in [1.29, 1.82) is 0 Å². The standard InChI is InChI=1S/C16H30OS/c1-12(2)15(17)18-16(4,5)14-10-6-8-13(3)9-7-11-14/h12-14H,6-11H2,1-5H3. The summed E-state index contributed by atoms with van der Waals surface area (Å²) in [5.74, 6) is 1.76. The average molecular weight is 270 g/mol. The summed E-state index contributed by atoms with van der Waals surface area (Å²) in [5.41, 5.74) is 0. The molecule has 2 heteroatoms. The molecule has 0 heterocycles. The van der Waals surface area contributed by atoms with E-state index in [0.29, 0.717) is 11.0 Å². The Bertz CT molecular complexity index is 260. The number of rotatable bonds is 3. The molecule has 18 heavy (non-hydrogen) atoms. The van der Waals surface area contributed by atoms with Gasteiger partial charge in [-0.1, -0.05) is 58.2 Å². The van der Waals surface area contributed by atoms with Gasteiger partial charge >= 0.3 is 0 Å². The highest BCUT2D eigenvalue weighted by Crippen LogP contribution is 2.41. The van der Waals surface area contributed by atoms with Crippen molar-refractivity contribution in [1.82, 2.24) is 0 Å². The SMILES string of the molecule is CC1CCCC(C(C)(C)SC(=O)C(C)C)CCC1. The van der Waals surface area contributed by atoms with Crippen molar-refractivity contribution in [3.05, 3.63) is 0 Å². The van der Waals surface area contributed by atoms with Crippen LogP contribution in [0.2, 0.25) is 0 Å². The smallest absolute Gasteiger partial charge is 0.191 e. The molecule has 0 aromatic carbocycles. The van der Waals surface area contributed by atoms with E-state index in [9.17, 15) is 4.79 Å². The molecular formula is C16H30OS. The zero-order valence-corrected chi connectivity index (χ0v) is 13.6. The first-order chi connectivity index (χ1) is 8.33. The van der Waals surface area contributed by atoms with Gasteiger partial charge in [0.05, 0.1) is 0 Å². The van der Waals surface area contributed by atoms with Gasteiger partial charge in [0.15, 0.2) is 5.12 Å². The maximum atomic E-state index is 12.0. The summed E-state index contributed by atoms with van der Waals surface area (Å²) >= 11 is 1.59. The minimum atomic E-state index is 0.113. The van der Waals surface area contributed by atoms with E-state index in [1.165, 1.54) is 38.5 Å². The Morgan fingerprint density at radius 2 is 1.61 bits per heavy atom. The first-order valence-corrected chi connectivity index (χ1v) is 8.37. The normalized spacial score (nSPS) is 26.8. The molecule has 1 nitrogen and oxygen atoms in total. The fourth-order valence-electron chi connectivity index (χ4n) is 2.87. The Hall–Kier alpha value is 0.0200. The van der Waals surface area contributed by atoms with Crippen LogP contribution in [-0.4, -0.2) is 9.86 Å². The highest BCUT2D eigenvalue weighted by Gasteiger charge is 2.33. The van der Waals surface area contributed by atoms with E-state index in [1.807, 2.05) is 13.8 Å². The summed E-state index contributed by atoms with van der Waals surface area (Å²) in [5, 5.41) is 0.357. The summed E-state index contributed by atoms with van der Waals surface area (Å²) in [7, 11) is 0. The third-order valence-corrected chi connectivity index (χ3v) is 5.85. The number of carbonyl (C=O) groups is 1. The number of carbonyl (C=O) groups excluding carboxylic acids is 1. The van der Waals surface area contributed by atoms with Crippen LogP contribution < -0.4 is 0 Å². The monoisotopic (exact) mass is 270 g/mol.